The Hall–Kier alpha value is -0.870. The summed E-state index contributed by atoms with van der Waals surface area (Å²) in [4.78, 5) is 14.1. The predicted octanol–water partition coefficient (Wildman–Crippen LogP) is 1.45. The Balaban J connectivity index is 1.86. The van der Waals surface area contributed by atoms with E-state index in [0.717, 1.165) is 12.8 Å². The quantitative estimate of drug-likeness (QED) is 0.774. The number of amides is 1. The number of nitrogens with two attached hydrogens (primary N) is 1. The summed E-state index contributed by atoms with van der Waals surface area (Å²) in [6.45, 7) is 3.89. The summed E-state index contributed by atoms with van der Waals surface area (Å²) < 4.78 is 5.58. The molecule has 0 aromatic heterocycles. The van der Waals surface area contributed by atoms with Gasteiger partial charge < -0.3 is 15.4 Å². The smallest absolute Gasteiger partial charge is 0.226 e. The highest BCUT2D eigenvalue weighted by Crippen LogP contribution is 2.21. The van der Waals surface area contributed by atoms with Gasteiger partial charge >= 0.3 is 0 Å². The van der Waals surface area contributed by atoms with Crippen molar-refractivity contribution in [1.29, 1.82) is 0 Å². The molecule has 1 fully saturated rings. The van der Waals surface area contributed by atoms with E-state index in [2.05, 4.69) is 6.08 Å². The number of hydrogen-bond donors (Lipinski definition) is 1. The summed E-state index contributed by atoms with van der Waals surface area (Å²) in [6, 6.07) is -0.0190. The first kappa shape index (κ1) is 13.6. The van der Waals surface area contributed by atoms with E-state index in [1.807, 2.05) is 11.8 Å². The molecule has 0 radical (unpaired) electrons. The molecule has 0 saturated carbocycles. The monoisotopic (exact) mass is 252 g/mol. The van der Waals surface area contributed by atoms with Gasteiger partial charge in [0.2, 0.25) is 5.91 Å². The lowest BCUT2D eigenvalue weighted by molar-refractivity contribution is -0.138. The zero-order chi connectivity index (χ0) is 13.0. The number of hydrogen-bond acceptors (Lipinski definition) is 3. The molecule has 102 valence electrons. The van der Waals surface area contributed by atoms with Crippen molar-refractivity contribution >= 4 is 5.91 Å². The normalized spacial score (nSPS) is 26.7. The van der Waals surface area contributed by atoms with Crippen molar-refractivity contribution in [2.75, 3.05) is 19.7 Å². The highest BCUT2D eigenvalue weighted by Gasteiger charge is 2.26. The Labute approximate surface area is 109 Å². The Morgan fingerprint density at radius 2 is 2.44 bits per heavy atom. The maximum absolute atomic E-state index is 12.2. The van der Waals surface area contributed by atoms with Gasteiger partial charge in [-0.1, -0.05) is 11.6 Å². The van der Waals surface area contributed by atoms with Crippen molar-refractivity contribution in [3.8, 4) is 0 Å². The third-order valence-corrected chi connectivity index (χ3v) is 3.80. The van der Waals surface area contributed by atoms with E-state index in [-0.39, 0.29) is 18.1 Å². The molecule has 0 bridgehead atoms. The van der Waals surface area contributed by atoms with Crippen LogP contribution in [-0.4, -0.2) is 42.6 Å². The molecule has 1 aliphatic carbocycles. The highest BCUT2D eigenvalue weighted by molar-refractivity contribution is 5.78. The predicted molar refractivity (Wildman–Crippen MR) is 71.1 cm³/mol. The van der Waals surface area contributed by atoms with Gasteiger partial charge in [-0.25, -0.2) is 0 Å². The Morgan fingerprint density at radius 1 is 1.61 bits per heavy atom. The average molecular weight is 252 g/mol. The SMILES string of the molecule is CC(N)C1CN(C(=O)CC2=CCCCC2)CCO1. The van der Waals surface area contributed by atoms with Crippen molar-refractivity contribution in [2.24, 2.45) is 5.73 Å². The fourth-order valence-electron chi connectivity index (χ4n) is 2.59. The van der Waals surface area contributed by atoms with E-state index < -0.39 is 0 Å². The van der Waals surface area contributed by atoms with E-state index in [1.165, 1.54) is 18.4 Å². The van der Waals surface area contributed by atoms with Crippen molar-refractivity contribution in [2.45, 2.75) is 51.2 Å². The largest absolute Gasteiger partial charge is 0.373 e. The van der Waals surface area contributed by atoms with Crippen molar-refractivity contribution in [1.82, 2.24) is 4.90 Å². The second-order valence-electron chi connectivity index (χ2n) is 5.39. The van der Waals surface area contributed by atoms with Gasteiger partial charge in [0, 0.05) is 25.6 Å². The fraction of sp³-hybridized carbons (Fsp3) is 0.786. The first-order chi connectivity index (χ1) is 8.66. The van der Waals surface area contributed by atoms with Gasteiger partial charge in [-0.3, -0.25) is 4.79 Å². The van der Waals surface area contributed by atoms with E-state index in [1.54, 1.807) is 0 Å². The minimum Gasteiger partial charge on any atom is -0.373 e. The number of nitrogens with zero attached hydrogens (tertiary/aromatic N) is 1. The molecule has 4 nitrogen and oxygen atoms in total. The summed E-state index contributed by atoms with van der Waals surface area (Å²) in [7, 11) is 0. The standard InChI is InChI=1S/C14H24N2O2/c1-11(15)13-10-16(7-8-18-13)14(17)9-12-5-3-2-4-6-12/h5,11,13H,2-4,6-10,15H2,1H3. The highest BCUT2D eigenvalue weighted by atomic mass is 16.5. The molecule has 0 aromatic rings. The first-order valence-electron chi connectivity index (χ1n) is 6.99. The second kappa shape index (κ2) is 6.34. The topological polar surface area (TPSA) is 55.6 Å². The summed E-state index contributed by atoms with van der Waals surface area (Å²) in [5, 5.41) is 0. The van der Waals surface area contributed by atoms with Crippen molar-refractivity contribution in [3.05, 3.63) is 11.6 Å². The van der Waals surface area contributed by atoms with Crippen molar-refractivity contribution < 1.29 is 9.53 Å². The molecule has 2 atom stereocenters. The molecule has 2 aliphatic rings. The van der Waals surface area contributed by atoms with Crippen molar-refractivity contribution in [3.63, 3.8) is 0 Å². The maximum Gasteiger partial charge on any atom is 0.226 e. The summed E-state index contributed by atoms with van der Waals surface area (Å²) in [6.07, 6.45) is 7.53. The van der Waals surface area contributed by atoms with Gasteiger partial charge in [-0.15, -0.1) is 0 Å². The number of rotatable bonds is 3. The Morgan fingerprint density at radius 3 is 3.11 bits per heavy atom. The minimum atomic E-state index is -0.0190. The molecule has 1 saturated heterocycles. The van der Waals surface area contributed by atoms with Gasteiger partial charge in [-0.2, -0.15) is 0 Å². The molecule has 1 aliphatic heterocycles. The number of carbonyl (C=O) groups is 1. The van der Waals surface area contributed by atoms with E-state index in [4.69, 9.17) is 10.5 Å². The van der Waals surface area contributed by atoms with Crippen LogP contribution >= 0.6 is 0 Å². The lowest BCUT2D eigenvalue weighted by atomic mass is 9.96. The molecular formula is C14H24N2O2. The zero-order valence-corrected chi connectivity index (χ0v) is 11.2. The second-order valence-corrected chi connectivity index (χ2v) is 5.39. The lowest BCUT2D eigenvalue weighted by Crippen LogP contribution is -2.51. The molecule has 1 amide bonds. The van der Waals surface area contributed by atoms with Crippen LogP contribution in [0.15, 0.2) is 11.6 Å². The van der Waals surface area contributed by atoms with Crippen LogP contribution in [0.4, 0.5) is 0 Å². The molecule has 4 heteroatoms. The third kappa shape index (κ3) is 3.56. The summed E-state index contributed by atoms with van der Waals surface area (Å²) >= 11 is 0. The average Bonchev–Trinajstić information content (AvgIpc) is 2.40. The van der Waals surface area contributed by atoms with Gasteiger partial charge in [0.1, 0.15) is 0 Å². The Bertz CT molecular complexity index is 326. The van der Waals surface area contributed by atoms with E-state index in [9.17, 15) is 4.79 Å². The first-order valence-corrected chi connectivity index (χ1v) is 6.99. The molecule has 1 heterocycles. The number of carbonyl (C=O) groups excluding carboxylic acids is 1. The number of ether oxygens (including phenoxy) is 1. The van der Waals surface area contributed by atoms with Gasteiger partial charge in [0.15, 0.2) is 0 Å². The molecule has 18 heavy (non-hydrogen) atoms. The van der Waals surface area contributed by atoms with Crippen LogP contribution in [0.5, 0.6) is 0 Å². The minimum absolute atomic E-state index is 0.0111. The van der Waals surface area contributed by atoms with E-state index >= 15 is 0 Å². The number of allylic oxidation sites excluding steroid dienone is 1. The van der Waals surface area contributed by atoms with Gasteiger partial charge in [0.25, 0.3) is 0 Å². The van der Waals surface area contributed by atoms with Crippen LogP contribution < -0.4 is 5.73 Å². The molecule has 2 rings (SSSR count). The van der Waals surface area contributed by atoms with Crippen LogP contribution in [0.1, 0.15) is 39.0 Å². The van der Waals surface area contributed by atoms with Gasteiger partial charge in [0.05, 0.1) is 12.7 Å². The van der Waals surface area contributed by atoms with Crippen LogP contribution in [0.2, 0.25) is 0 Å². The lowest BCUT2D eigenvalue weighted by Gasteiger charge is -2.35. The molecular weight excluding hydrogens is 228 g/mol. The Kier molecular flexibility index (Phi) is 4.78. The van der Waals surface area contributed by atoms with Crippen LogP contribution in [0.25, 0.3) is 0 Å². The summed E-state index contributed by atoms with van der Waals surface area (Å²) in [5.74, 6) is 0.233. The maximum atomic E-state index is 12.2. The molecule has 2 N–H and O–H groups in total. The van der Waals surface area contributed by atoms with Crippen LogP contribution in [0.3, 0.4) is 0 Å². The fourth-order valence-corrected chi connectivity index (χ4v) is 2.59. The molecule has 0 spiro atoms. The zero-order valence-electron chi connectivity index (χ0n) is 11.2. The number of morpholine rings is 1. The molecule has 2 unspecified atom stereocenters. The van der Waals surface area contributed by atoms with Crippen LogP contribution in [-0.2, 0) is 9.53 Å². The summed E-state index contributed by atoms with van der Waals surface area (Å²) in [5.41, 5.74) is 7.15. The van der Waals surface area contributed by atoms with E-state index in [0.29, 0.717) is 26.1 Å². The molecule has 0 aromatic carbocycles. The third-order valence-electron chi connectivity index (χ3n) is 3.80. The van der Waals surface area contributed by atoms with Gasteiger partial charge in [-0.05, 0) is 32.6 Å². The van der Waals surface area contributed by atoms with Crippen LogP contribution in [0, 0.1) is 0 Å².